The van der Waals surface area contributed by atoms with Crippen molar-refractivity contribution in [1.29, 1.82) is 0 Å². The number of hydrogen-bond acceptors (Lipinski definition) is 4. The van der Waals surface area contributed by atoms with Gasteiger partial charge in [0.1, 0.15) is 5.69 Å². The Hall–Kier alpha value is -2.96. The molecule has 7 heteroatoms. The highest BCUT2D eigenvalue weighted by Crippen LogP contribution is 2.14. The van der Waals surface area contributed by atoms with E-state index in [1.54, 1.807) is 29.2 Å². The molecule has 1 atom stereocenters. The second kappa shape index (κ2) is 6.88. The Morgan fingerprint density at radius 1 is 1.28 bits per heavy atom. The van der Waals surface area contributed by atoms with E-state index in [1.807, 2.05) is 44.6 Å². The number of carbonyl (C=O) groups excluding carboxylic acids is 1. The number of pyridine rings is 1. The minimum atomic E-state index is -0.194. The van der Waals surface area contributed by atoms with Crippen LogP contribution in [-0.4, -0.2) is 36.5 Å². The Labute approximate surface area is 146 Å². The number of aromatic nitrogens is 5. The van der Waals surface area contributed by atoms with Crippen LogP contribution >= 0.6 is 0 Å². The van der Waals surface area contributed by atoms with Gasteiger partial charge in [0, 0.05) is 31.2 Å². The summed E-state index contributed by atoms with van der Waals surface area (Å²) < 4.78 is 3.50. The average molecular weight is 338 g/mol. The lowest BCUT2D eigenvalue weighted by Crippen LogP contribution is -2.35. The molecule has 0 aliphatic rings. The standard InChI is InChI=1S/C18H22N6O/c1-12(11-15-13(2)22-23(4)14(15)3)20-18(25)16-7-5-8-17(21-16)24-10-6-9-19-24/h5-10,12H,11H2,1-4H3,(H,20,25). The van der Waals surface area contributed by atoms with Gasteiger partial charge in [-0.25, -0.2) is 9.67 Å². The molecule has 1 unspecified atom stereocenters. The summed E-state index contributed by atoms with van der Waals surface area (Å²) in [5.41, 5.74) is 3.67. The summed E-state index contributed by atoms with van der Waals surface area (Å²) in [6, 6.07) is 7.11. The van der Waals surface area contributed by atoms with Crippen molar-refractivity contribution in [2.75, 3.05) is 0 Å². The Bertz CT molecular complexity index is 881. The van der Waals surface area contributed by atoms with E-state index >= 15 is 0 Å². The smallest absolute Gasteiger partial charge is 0.270 e. The summed E-state index contributed by atoms with van der Waals surface area (Å²) in [6.07, 6.45) is 4.20. The summed E-state index contributed by atoms with van der Waals surface area (Å²) in [5, 5.41) is 11.6. The van der Waals surface area contributed by atoms with Crippen LogP contribution in [0, 0.1) is 13.8 Å². The van der Waals surface area contributed by atoms with Crippen LogP contribution in [0.5, 0.6) is 0 Å². The molecule has 130 valence electrons. The number of nitrogens with zero attached hydrogens (tertiary/aromatic N) is 5. The molecular formula is C18H22N6O. The fourth-order valence-corrected chi connectivity index (χ4v) is 2.85. The first-order chi connectivity index (χ1) is 12.0. The SMILES string of the molecule is Cc1nn(C)c(C)c1CC(C)NC(=O)c1cccc(-n2cccn2)n1. The Balaban J connectivity index is 1.70. The van der Waals surface area contributed by atoms with Gasteiger partial charge in [0.25, 0.3) is 5.91 Å². The van der Waals surface area contributed by atoms with Crippen LogP contribution in [0.25, 0.3) is 5.82 Å². The van der Waals surface area contributed by atoms with Crippen molar-refractivity contribution in [3.8, 4) is 5.82 Å². The normalized spacial score (nSPS) is 12.2. The Morgan fingerprint density at radius 3 is 2.72 bits per heavy atom. The Morgan fingerprint density at radius 2 is 2.08 bits per heavy atom. The van der Waals surface area contributed by atoms with E-state index in [-0.39, 0.29) is 11.9 Å². The molecular weight excluding hydrogens is 316 g/mol. The highest BCUT2D eigenvalue weighted by molar-refractivity contribution is 5.92. The largest absolute Gasteiger partial charge is 0.348 e. The van der Waals surface area contributed by atoms with E-state index in [9.17, 15) is 4.79 Å². The molecule has 0 fully saturated rings. The van der Waals surface area contributed by atoms with Gasteiger partial charge < -0.3 is 5.32 Å². The van der Waals surface area contributed by atoms with Gasteiger partial charge in [-0.15, -0.1) is 0 Å². The molecule has 0 bridgehead atoms. The predicted octanol–water partition coefficient (Wildman–Crippen LogP) is 1.98. The van der Waals surface area contributed by atoms with Gasteiger partial charge in [-0.2, -0.15) is 10.2 Å². The number of hydrogen-bond donors (Lipinski definition) is 1. The molecule has 3 rings (SSSR count). The summed E-state index contributed by atoms with van der Waals surface area (Å²) >= 11 is 0. The quantitative estimate of drug-likeness (QED) is 0.772. The third-order valence-electron chi connectivity index (χ3n) is 4.25. The zero-order valence-corrected chi connectivity index (χ0v) is 14.9. The first-order valence-electron chi connectivity index (χ1n) is 8.22. The number of aryl methyl sites for hydroxylation is 2. The average Bonchev–Trinajstić information content (AvgIpc) is 3.20. The first kappa shape index (κ1) is 16.9. The molecule has 3 heterocycles. The van der Waals surface area contributed by atoms with Crippen LogP contribution in [0.3, 0.4) is 0 Å². The van der Waals surface area contributed by atoms with Gasteiger partial charge in [0.05, 0.1) is 5.69 Å². The molecule has 1 N–H and O–H groups in total. The highest BCUT2D eigenvalue weighted by Gasteiger charge is 2.16. The maximum absolute atomic E-state index is 12.5. The first-order valence-corrected chi connectivity index (χ1v) is 8.22. The van der Waals surface area contributed by atoms with Crippen LogP contribution in [0.2, 0.25) is 0 Å². The van der Waals surface area contributed by atoms with Crippen LogP contribution in [0.1, 0.15) is 34.4 Å². The lowest BCUT2D eigenvalue weighted by atomic mass is 10.1. The molecule has 3 aromatic rings. The van der Waals surface area contributed by atoms with E-state index in [0.717, 1.165) is 17.8 Å². The molecule has 0 spiro atoms. The summed E-state index contributed by atoms with van der Waals surface area (Å²) in [6.45, 7) is 6.02. The summed E-state index contributed by atoms with van der Waals surface area (Å²) in [7, 11) is 1.93. The molecule has 3 aromatic heterocycles. The predicted molar refractivity (Wildman–Crippen MR) is 94.7 cm³/mol. The van der Waals surface area contributed by atoms with Crippen molar-refractivity contribution in [3.63, 3.8) is 0 Å². The second-order valence-electron chi connectivity index (χ2n) is 6.18. The third-order valence-corrected chi connectivity index (χ3v) is 4.25. The zero-order valence-electron chi connectivity index (χ0n) is 14.9. The van der Waals surface area contributed by atoms with E-state index in [0.29, 0.717) is 11.5 Å². The maximum atomic E-state index is 12.5. The number of rotatable bonds is 5. The van der Waals surface area contributed by atoms with Crippen molar-refractivity contribution in [2.45, 2.75) is 33.2 Å². The highest BCUT2D eigenvalue weighted by atomic mass is 16.1. The van der Waals surface area contributed by atoms with Crippen molar-refractivity contribution in [2.24, 2.45) is 7.05 Å². The van der Waals surface area contributed by atoms with E-state index < -0.39 is 0 Å². The maximum Gasteiger partial charge on any atom is 0.270 e. The van der Waals surface area contributed by atoms with Crippen LogP contribution in [-0.2, 0) is 13.5 Å². The van der Waals surface area contributed by atoms with E-state index in [2.05, 4.69) is 20.5 Å². The zero-order chi connectivity index (χ0) is 18.0. The number of carbonyl (C=O) groups is 1. The van der Waals surface area contributed by atoms with Crippen LogP contribution in [0.15, 0.2) is 36.7 Å². The molecule has 7 nitrogen and oxygen atoms in total. The van der Waals surface area contributed by atoms with Gasteiger partial charge >= 0.3 is 0 Å². The Kier molecular flexibility index (Phi) is 4.65. The number of nitrogens with one attached hydrogen (secondary N) is 1. The topological polar surface area (TPSA) is 77.6 Å². The number of amides is 1. The van der Waals surface area contributed by atoms with Crippen molar-refractivity contribution in [3.05, 3.63) is 59.3 Å². The van der Waals surface area contributed by atoms with Crippen molar-refractivity contribution >= 4 is 5.91 Å². The minimum absolute atomic E-state index is 0.0238. The molecule has 0 radical (unpaired) electrons. The molecule has 0 saturated carbocycles. The van der Waals surface area contributed by atoms with E-state index in [1.165, 1.54) is 5.56 Å². The lowest BCUT2D eigenvalue weighted by Gasteiger charge is -2.14. The van der Waals surface area contributed by atoms with Gasteiger partial charge in [-0.05, 0) is 51.0 Å². The molecule has 0 aromatic carbocycles. The van der Waals surface area contributed by atoms with Crippen LogP contribution < -0.4 is 5.32 Å². The molecule has 0 aliphatic heterocycles. The van der Waals surface area contributed by atoms with Gasteiger partial charge in [0.2, 0.25) is 0 Å². The van der Waals surface area contributed by atoms with Crippen molar-refractivity contribution < 1.29 is 4.79 Å². The third kappa shape index (κ3) is 3.60. The fourth-order valence-electron chi connectivity index (χ4n) is 2.85. The summed E-state index contributed by atoms with van der Waals surface area (Å²) in [4.78, 5) is 16.9. The van der Waals surface area contributed by atoms with E-state index in [4.69, 9.17) is 0 Å². The monoisotopic (exact) mass is 338 g/mol. The van der Waals surface area contributed by atoms with Crippen molar-refractivity contribution in [1.82, 2.24) is 29.9 Å². The van der Waals surface area contributed by atoms with Gasteiger partial charge in [0.15, 0.2) is 5.82 Å². The molecule has 0 aliphatic carbocycles. The summed E-state index contributed by atoms with van der Waals surface area (Å²) in [5.74, 6) is 0.421. The molecule has 1 amide bonds. The molecule has 25 heavy (non-hydrogen) atoms. The van der Waals surface area contributed by atoms with Gasteiger partial charge in [-0.3, -0.25) is 9.48 Å². The molecule has 0 saturated heterocycles. The van der Waals surface area contributed by atoms with Crippen LogP contribution in [0.4, 0.5) is 0 Å². The minimum Gasteiger partial charge on any atom is -0.348 e. The fraction of sp³-hybridized carbons (Fsp3) is 0.333. The second-order valence-corrected chi connectivity index (χ2v) is 6.18. The van der Waals surface area contributed by atoms with Gasteiger partial charge in [-0.1, -0.05) is 6.07 Å². The lowest BCUT2D eigenvalue weighted by molar-refractivity contribution is 0.0935.